The van der Waals surface area contributed by atoms with Gasteiger partial charge in [0.25, 0.3) is 5.91 Å². The molecule has 0 saturated heterocycles. The standard InChI is InChI=1S/C12H10Cl2N2O/c1-5-3-6(2)10-7(4-5)9(13)8(12(15)17)11(14)16-10/h3-4H,1-2H3,(H2,15,17). The summed E-state index contributed by atoms with van der Waals surface area (Å²) in [6, 6.07) is 3.84. The van der Waals surface area contributed by atoms with Crippen LogP contribution in [0.4, 0.5) is 0 Å². The Balaban J connectivity index is 2.97. The Bertz CT molecular complexity index is 638. The second-order valence-electron chi connectivity index (χ2n) is 3.93. The fourth-order valence-electron chi connectivity index (χ4n) is 1.86. The summed E-state index contributed by atoms with van der Waals surface area (Å²) in [7, 11) is 0. The molecule has 0 aliphatic rings. The van der Waals surface area contributed by atoms with Crippen LogP contribution < -0.4 is 5.73 Å². The highest BCUT2D eigenvalue weighted by Gasteiger charge is 2.17. The van der Waals surface area contributed by atoms with Crippen LogP contribution in [0.15, 0.2) is 12.1 Å². The number of amides is 1. The number of halogens is 2. The molecule has 0 saturated carbocycles. The number of aryl methyl sites for hydroxylation is 2. The van der Waals surface area contributed by atoms with E-state index in [0.29, 0.717) is 10.9 Å². The highest BCUT2D eigenvalue weighted by atomic mass is 35.5. The third kappa shape index (κ3) is 1.96. The van der Waals surface area contributed by atoms with Crippen molar-refractivity contribution in [3.8, 4) is 0 Å². The fraction of sp³-hybridized carbons (Fsp3) is 0.167. The molecule has 2 N–H and O–H groups in total. The van der Waals surface area contributed by atoms with Crippen LogP contribution in [0.3, 0.4) is 0 Å². The minimum atomic E-state index is -0.673. The Kier molecular flexibility index (Phi) is 2.98. The molecule has 0 unspecified atom stereocenters. The number of nitrogens with two attached hydrogens (primary N) is 1. The maximum atomic E-state index is 11.3. The molecule has 0 spiro atoms. The molecule has 0 aliphatic carbocycles. The van der Waals surface area contributed by atoms with Gasteiger partial charge in [0.2, 0.25) is 0 Å². The minimum Gasteiger partial charge on any atom is -0.365 e. The molecule has 1 heterocycles. The first-order chi connectivity index (χ1) is 7.91. The molecule has 0 bridgehead atoms. The Hall–Kier alpha value is -1.32. The average molecular weight is 269 g/mol. The lowest BCUT2D eigenvalue weighted by Gasteiger charge is -2.09. The normalized spacial score (nSPS) is 10.8. The van der Waals surface area contributed by atoms with E-state index >= 15 is 0 Å². The van der Waals surface area contributed by atoms with Gasteiger partial charge < -0.3 is 5.73 Å². The summed E-state index contributed by atoms with van der Waals surface area (Å²) in [6.45, 7) is 3.86. The molecule has 2 aromatic rings. The second-order valence-corrected chi connectivity index (χ2v) is 4.67. The van der Waals surface area contributed by atoms with Crippen molar-refractivity contribution < 1.29 is 4.79 Å². The molecule has 0 aliphatic heterocycles. The molecule has 1 amide bonds. The minimum absolute atomic E-state index is 0.0435. The molecular weight excluding hydrogens is 259 g/mol. The van der Waals surface area contributed by atoms with Gasteiger partial charge in [-0.15, -0.1) is 0 Å². The van der Waals surface area contributed by atoms with Crippen LogP contribution >= 0.6 is 23.2 Å². The molecule has 2 rings (SSSR count). The van der Waals surface area contributed by atoms with Crippen LogP contribution in [0.2, 0.25) is 10.2 Å². The summed E-state index contributed by atoms with van der Waals surface area (Å²) in [5, 5.41) is 1.00. The van der Waals surface area contributed by atoms with E-state index in [0.717, 1.165) is 11.1 Å². The maximum Gasteiger partial charge on any atom is 0.253 e. The van der Waals surface area contributed by atoms with Crippen molar-refractivity contribution in [2.75, 3.05) is 0 Å². The summed E-state index contributed by atoms with van der Waals surface area (Å²) in [6.07, 6.45) is 0. The van der Waals surface area contributed by atoms with Crippen molar-refractivity contribution >= 4 is 40.0 Å². The van der Waals surface area contributed by atoms with Crippen LogP contribution in [0.5, 0.6) is 0 Å². The third-order valence-corrected chi connectivity index (χ3v) is 3.23. The predicted molar refractivity (Wildman–Crippen MR) is 69.8 cm³/mol. The number of nitrogens with zero attached hydrogens (tertiary/aromatic N) is 1. The van der Waals surface area contributed by atoms with Crippen molar-refractivity contribution in [1.82, 2.24) is 4.98 Å². The van der Waals surface area contributed by atoms with Crippen LogP contribution in [-0.2, 0) is 0 Å². The highest BCUT2D eigenvalue weighted by Crippen LogP contribution is 2.32. The number of fused-ring (bicyclic) bond motifs is 1. The Morgan fingerprint density at radius 2 is 1.94 bits per heavy atom. The number of hydrogen-bond donors (Lipinski definition) is 1. The maximum absolute atomic E-state index is 11.3. The Morgan fingerprint density at radius 1 is 1.29 bits per heavy atom. The quantitative estimate of drug-likeness (QED) is 0.808. The summed E-state index contributed by atoms with van der Waals surface area (Å²) in [4.78, 5) is 15.4. The van der Waals surface area contributed by atoms with Crippen LogP contribution in [-0.4, -0.2) is 10.9 Å². The number of carbonyl (C=O) groups is 1. The molecule has 5 heteroatoms. The van der Waals surface area contributed by atoms with Gasteiger partial charge in [0, 0.05) is 5.39 Å². The van der Waals surface area contributed by atoms with Crippen molar-refractivity contribution in [3.63, 3.8) is 0 Å². The van der Waals surface area contributed by atoms with Crippen molar-refractivity contribution in [3.05, 3.63) is 39.0 Å². The molecule has 88 valence electrons. The number of rotatable bonds is 1. The molecular formula is C12H10Cl2N2O. The zero-order valence-corrected chi connectivity index (χ0v) is 10.9. The molecule has 3 nitrogen and oxygen atoms in total. The molecule has 0 radical (unpaired) electrons. The van der Waals surface area contributed by atoms with E-state index in [1.165, 1.54) is 0 Å². The summed E-state index contributed by atoms with van der Waals surface area (Å²) in [5.41, 5.74) is 8.00. The first kappa shape index (κ1) is 12.1. The van der Waals surface area contributed by atoms with E-state index in [1.54, 1.807) is 0 Å². The monoisotopic (exact) mass is 268 g/mol. The van der Waals surface area contributed by atoms with Gasteiger partial charge in [-0.1, -0.05) is 34.8 Å². The van der Waals surface area contributed by atoms with Crippen molar-refractivity contribution in [1.29, 1.82) is 0 Å². The smallest absolute Gasteiger partial charge is 0.253 e. The lowest BCUT2D eigenvalue weighted by Crippen LogP contribution is -2.13. The molecule has 1 aromatic carbocycles. The summed E-state index contributed by atoms with van der Waals surface area (Å²) in [5.74, 6) is -0.673. The highest BCUT2D eigenvalue weighted by molar-refractivity contribution is 6.42. The van der Waals surface area contributed by atoms with Gasteiger partial charge in [-0.25, -0.2) is 4.98 Å². The average Bonchev–Trinajstić information content (AvgIpc) is 2.19. The fourth-order valence-corrected chi connectivity index (χ4v) is 2.51. The lowest BCUT2D eigenvalue weighted by molar-refractivity contribution is 0.100. The van der Waals surface area contributed by atoms with Gasteiger partial charge in [0.1, 0.15) is 5.15 Å². The molecule has 17 heavy (non-hydrogen) atoms. The number of primary amides is 1. The van der Waals surface area contributed by atoms with Gasteiger partial charge in [-0.05, 0) is 25.5 Å². The van der Waals surface area contributed by atoms with E-state index in [-0.39, 0.29) is 15.7 Å². The Labute approximate surface area is 109 Å². The van der Waals surface area contributed by atoms with E-state index in [4.69, 9.17) is 28.9 Å². The number of hydrogen-bond acceptors (Lipinski definition) is 2. The van der Waals surface area contributed by atoms with Gasteiger partial charge in [0.15, 0.2) is 0 Å². The van der Waals surface area contributed by atoms with Gasteiger partial charge in [0.05, 0.1) is 16.1 Å². The summed E-state index contributed by atoms with van der Waals surface area (Å²) < 4.78 is 0. The van der Waals surface area contributed by atoms with Crippen LogP contribution in [0.25, 0.3) is 10.9 Å². The van der Waals surface area contributed by atoms with Gasteiger partial charge >= 0.3 is 0 Å². The van der Waals surface area contributed by atoms with Crippen molar-refractivity contribution in [2.24, 2.45) is 5.73 Å². The zero-order valence-electron chi connectivity index (χ0n) is 9.34. The number of benzene rings is 1. The van der Waals surface area contributed by atoms with Gasteiger partial charge in [-0.2, -0.15) is 0 Å². The predicted octanol–water partition coefficient (Wildman–Crippen LogP) is 3.26. The molecule has 0 atom stereocenters. The van der Waals surface area contributed by atoms with Crippen LogP contribution in [0.1, 0.15) is 21.5 Å². The number of aromatic nitrogens is 1. The van der Waals surface area contributed by atoms with E-state index in [9.17, 15) is 4.79 Å². The number of pyridine rings is 1. The Morgan fingerprint density at radius 3 is 2.53 bits per heavy atom. The second kappa shape index (κ2) is 4.17. The number of carbonyl (C=O) groups excluding carboxylic acids is 1. The topological polar surface area (TPSA) is 56.0 Å². The first-order valence-corrected chi connectivity index (χ1v) is 5.73. The van der Waals surface area contributed by atoms with Gasteiger partial charge in [-0.3, -0.25) is 4.79 Å². The zero-order chi connectivity index (χ0) is 12.7. The third-order valence-electron chi connectivity index (χ3n) is 2.56. The van der Waals surface area contributed by atoms with E-state index < -0.39 is 5.91 Å². The first-order valence-electron chi connectivity index (χ1n) is 4.97. The van der Waals surface area contributed by atoms with E-state index in [2.05, 4.69) is 4.98 Å². The summed E-state index contributed by atoms with van der Waals surface area (Å²) >= 11 is 12.1. The van der Waals surface area contributed by atoms with Crippen LogP contribution in [0, 0.1) is 13.8 Å². The van der Waals surface area contributed by atoms with Crippen molar-refractivity contribution in [2.45, 2.75) is 13.8 Å². The molecule has 1 aromatic heterocycles. The van der Waals surface area contributed by atoms with E-state index in [1.807, 2.05) is 26.0 Å². The lowest BCUT2D eigenvalue weighted by atomic mass is 10.1. The SMILES string of the molecule is Cc1cc(C)c2nc(Cl)c(C(N)=O)c(Cl)c2c1. The largest absolute Gasteiger partial charge is 0.365 e. The molecule has 0 fully saturated rings.